The van der Waals surface area contributed by atoms with E-state index in [-0.39, 0.29) is 11.8 Å². The molecular weight excluding hydrogens is 166 g/mol. The van der Waals surface area contributed by atoms with Crippen molar-refractivity contribution in [3.05, 3.63) is 17.8 Å². The van der Waals surface area contributed by atoms with Gasteiger partial charge in [0.1, 0.15) is 0 Å². The summed E-state index contributed by atoms with van der Waals surface area (Å²) in [4.78, 5) is 11.5. The SMILES string of the molecule is CC(C)C1C(=O)Nc2nnccc21. The van der Waals surface area contributed by atoms with Crippen LogP contribution in [-0.2, 0) is 4.79 Å². The molecule has 68 valence electrons. The van der Waals surface area contributed by atoms with Crippen molar-refractivity contribution in [3.63, 3.8) is 0 Å². The second-order valence-electron chi connectivity index (χ2n) is 3.55. The van der Waals surface area contributed by atoms with Crippen molar-refractivity contribution < 1.29 is 4.79 Å². The third-order valence-electron chi connectivity index (χ3n) is 2.28. The maximum absolute atomic E-state index is 11.5. The molecule has 0 aromatic carbocycles. The number of carbonyl (C=O) groups is 1. The standard InChI is InChI=1S/C9H11N3O/c1-5(2)7-6-3-4-10-12-8(6)11-9(7)13/h3-5,7H,1-2H3,(H,11,12,13). The maximum Gasteiger partial charge on any atom is 0.233 e. The number of rotatable bonds is 1. The minimum Gasteiger partial charge on any atom is -0.308 e. The molecule has 1 N–H and O–H groups in total. The molecule has 1 amide bonds. The number of aromatic nitrogens is 2. The summed E-state index contributed by atoms with van der Waals surface area (Å²) in [6, 6.07) is 1.85. The monoisotopic (exact) mass is 177 g/mol. The number of hydrogen-bond donors (Lipinski definition) is 1. The molecule has 0 bridgehead atoms. The summed E-state index contributed by atoms with van der Waals surface area (Å²) < 4.78 is 0. The first-order valence-corrected chi connectivity index (χ1v) is 4.32. The fourth-order valence-corrected chi connectivity index (χ4v) is 1.69. The Hall–Kier alpha value is -1.45. The zero-order valence-electron chi connectivity index (χ0n) is 7.61. The van der Waals surface area contributed by atoms with E-state index in [1.165, 1.54) is 0 Å². The smallest absolute Gasteiger partial charge is 0.233 e. The average Bonchev–Trinajstić information content (AvgIpc) is 2.39. The Morgan fingerprint density at radius 2 is 2.31 bits per heavy atom. The summed E-state index contributed by atoms with van der Waals surface area (Å²) in [5.41, 5.74) is 0.968. The number of nitrogens with zero attached hydrogens (tertiary/aromatic N) is 2. The van der Waals surface area contributed by atoms with Crippen LogP contribution in [0.3, 0.4) is 0 Å². The van der Waals surface area contributed by atoms with Gasteiger partial charge in [0, 0.05) is 5.56 Å². The van der Waals surface area contributed by atoms with Gasteiger partial charge in [-0.3, -0.25) is 4.79 Å². The lowest BCUT2D eigenvalue weighted by Gasteiger charge is -2.11. The number of hydrogen-bond acceptors (Lipinski definition) is 3. The van der Waals surface area contributed by atoms with Gasteiger partial charge >= 0.3 is 0 Å². The van der Waals surface area contributed by atoms with Gasteiger partial charge in [-0.2, -0.15) is 5.10 Å². The van der Waals surface area contributed by atoms with Gasteiger partial charge in [0.25, 0.3) is 0 Å². The topological polar surface area (TPSA) is 54.9 Å². The Morgan fingerprint density at radius 1 is 1.54 bits per heavy atom. The quantitative estimate of drug-likeness (QED) is 0.700. The number of fused-ring (bicyclic) bond motifs is 1. The van der Waals surface area contributed by atoms with Gasteiger partial charge in [0.05, 0.1) is 12.1 Å². The Balaban J connectivity index is 2.46. The van der Waals surface area contributed by atoms with Gasteiger partial charge in [-0.05, 0) is 12.0 Å². The Bertz CT molecular complexity index is 348. The molecular formula is C9H11N3O. The number of amides is 1. The molecule has 0 aliphatic carbocycles. The van der Waals surface area contributed by atoms with Gasteiger partial charge in [0.15, 0.2) is 5.82 Å². The van der Waals surface area contributed by atoms with E-state index in [9.17, 15) is 4.79 Å². The molecule has 1 unspecified atom stereocenters. The fourth-order valence-electron chi connectivity index (χ4n) is 1.69. The molecule has 1 aromatic heterocycles. The molecule has 0 saturated carbocycles. The highest BCUT2D eigenvalue weighted by Crippen LogP contribution is 2.34. The van der Waals surface area contributed by atoms with E-state index >= 15 is 0 Å². The van der Waals surface area contributed by atoms with E-state index in [1.54, 1.807) is 6.20 Å². The second kappa shape index (κ2) is 2.80. The second-order valence-corrected chi connectivity index (χ2v) is 3.55. The van der Waals surface area contributed by atoms with E-state index in [0.717, 1.165) is 5.56 Å². The van der Waals surface area contributed by atoms with Crippen LogP contribution < -0.4 is 5.32 Å². The van der Waals surface area contributed by atoms with E-state index in [4.69, 9.17) is 0 Å². The van der Waals surface area contributed by atoms with Crippen molar-refractivity contribution in [3.8, 4) is 0 Å². The lowest BCUT2D eigenvalue weighted by molar-refractivity contribution is -0.117. The molecule has 0 radical (unpaired) electrons. The molecule has 13 heavy (non-hydrogen) atoms. The van der Waals surface area contributed by atoms with Crippen molar-refractivity contribution in [1.29, 1.82) is 0 Å². The van der Waals surface area contributed by atoms with Crippen molar-refractivity contribution in [2.24, 2.45) is 5.92 Å². The predicted octanol–water partition coefficient (Wildman–Crippen LogP) is 1.17. The van der Waals surface area contributed by atoms with Gasteiger partial charge in [0.2, 0.25) is 5.91 Å². The lowest BCUT2D eigenvalue weighted by Crippen LogP contribution is -2.16. The third kappa shape index (κ3) is 1.18. The van der Waals surface area contributed by atoms with E-state index < -0.39 is 0 Å². The fraction of sp³-hybridized carbons (Fsp3) is 0.444. The Morgan fingerprint density at radius 3 is 3.00 bits per heavy atom. The van der Waals surface area contributed by atoms with E-state index in [0.29, 0.717) is 11.7 Å². The lowest BCUT2D eigenvalue weighted by atomic mass is 9.91. The van der Waals surface area contributed by atoms with Crippen molar-refractivity contribution in [2.75, 3.05) is 5.32 Å². The van der Waals surface area contributed by atoms with Crippen LogP contribution in [0.25, 0.3) is 0 Å². The molecule has 0 spiro atoms. The maximum atomic E-state index is 11.5. The first-order chi connectivity index (χ1) is 6.20. The van der Waals surface area contributed by atoms with Gasteiger partial charge in [-0.15, -0.1) is 5.10 Å². The third-order valence-corrected chi connectivity index (χ3v) is 2.28. The first kappa shape index (κ1) is 8.16. The van der Waals surface area contributed by atoms with Crippen LogP contribution in [0.15, 0.2) is 12.3 Å². The summed E-state index contributed by atoms with van der Waals surface area (Å²) in [6.45, 7) is 4.06. The van der Waals surface area contributed by atoms with Crippen LogP contribution in [0, 0.1) is 5.92 Å². The Kier molecular flexibility index (Phi) is 1.76. The van der Waals surface area contributed by atoms with Crippen LogP contribution in [0.4, 0.5) is 5.82 Å². The van der Waals surface area contributed by atoms with Crippen LogP contribution in [0.5, 0.6) is 0 Å². The predicted molar refractivity (Wildman–Crippen MR) is 48.2 cm³/mol. The number of anilines is 1. The highest BCUT2D eigenvalue weighted by molar-refractivity contribution is 6.01. The zero-order chi connectivity index (χ0) is 9.42. The van der Waals surface area contributed by atoms with E-state index in [1.807, 2.05) is 19.9 Å². The minimum absolute atomic E-state index is 0.0329. The number of carbonyl (C=O) groups excluding carboxylic acids is 1. The zero-order valence-corrected chi connectivity index (χ0v) is 7.61. The van der Waals surface area contributed by atoms with Gasteiger partial charge < -0.3 is 5.32 Å². The largest absolute Gasteiger partial charge is 0.308 e. The average molecular weight is 177 g/mol. The molecule has 4 nitrogen and oxygen atoms in total. The normalized spacial score (nSPS) is 20.2. The molecule has 1 aliphatic heterocycles. The van der Waals surface area contributed by atoms with Crippen molar-refractivity contribution >= 4 is 11.7 Å². The number of nitrogens with one attached hydrogen (secondary N) is 1. The van der Waals surface area contributed by atoms with Crippen LogP contribution in [-0.4, -0.2) is 16.1 Å². The molecule has 1 atom stereocenters. The Labute approximate surface area is 76.4 Å². The van der Waals surface area contributed by atoms with Crippen molar-refractivity contribution in [1.82, 2.24) is 10.2 Å². The first-order valence-electron chi connectivity index (χ1n) is 4.32. The molecule has 0 saturated heterocycles. The highest BCUT2D eigenvalue weighted by atomic mass is 16.2. The summed E-state index contributed by atoms with van der Waals surface area (Å²) in [5, 5.41) is 10.3. The van der Waals surface area contributed by atoms with E-state index in [2.05, 4.69) is 15.5 Å². The van der Waals surface area contributed by atoms with Crippen molar-refractivity contribution in [2.45, 2.75) is 19.8 Å². The summed E-state index contributed by atoms with van der Waals surface area (Å²) in [6.07, 6.45) is 1.62. The van der Waals surface area contributed by atoms with Gasteiger partial charge in [-0.25, -0.2) is 0 Å². The molecule has 1 aliphatic rings. The van der Waals surface area contributed by atoms with Crippen LogP contribution >= 0.6 is 0 Å². The molecule has 0 fully saturated rings. The minimum atomic E-state index is -0.0644. The molecule has 2 heterocycles. The summed E-state index contributed by atoms with van der Waals surface area (Å²) in [7, 11) is 0. The molecule has 4 heteroatoms. The van der Waals surface area contributed by atoms with Gasteiger partial charge in [-0.1, -0.05) is 13.8 Å². The van der Waals surface area contributed by atoms with Crippen LogP contribution in [0.1, 0.15) is 25.3 Å². The van der Waals surface area contributed by atoms with Crippen LogP contribution in [0.2, 0.25) is 0 Å². The molecule has 1 aromatic rings. The summed E-state index contributed by atoms with van der Waals surface area (Å²) in [5.74, 6) is 0.882. The summed E-state index contributed by atoms with van der Waals surface area (Å²) >= 11 is 0. The molecule has 2 rings (SSSR count). The highest BCUT2D eigenvalue weighted by Gasteiger charge is 2.33.